The summed E-state index contributed by atoms with van der Waals surface area (Å²) >= 11 is 0. The van der Waals surface area contributed by atoms with Gasteiger partial charge in [0, 0.05) is 5.54 Å². The number of nitrogens with one attached hydrogen (secondary N) is 2. The van der Waals surface area contributed by atoms with Crippen molar-refractivity contribution in [2.24, 2.45) is 5.92 Å². The fourth-order valence-corrected chi connectivity index (χ4v) is 3.04. The van der Waals surface area contributed by atoms with E-state index in [0.717, 1.165) is 32.4 Å². The van der Waals surface area contributed by atoms with E-state index in [4.69, 9.17) is 0 Å². The van der Waals surface area contributed by atoms with Crippen molar-refractivity contribution in [3.63, 3.8) is 0 Å². The largest absolute Gasteiger partial charge is 0.333 e. The number of carbonyl (C=O) groups excluding carboxylic acids is 2. The van der Waals surface area contributed by atoms with Gasteiger partial charge in [0.15, 0.2) is 0 Å². The second-order valence-corrected chi connectivity index (χ2v) is 7.66. The molecule has 1 aliphatic heterocycles. The van der Waals surface area contributed by atoms with Crippen LogP contribution in [0, 0.1) is 5.92 Å². The summed E-state index contributed by atoms with van der Waals surface area (Å²) in [5.41, 5.74) is 1.03. The number of urea groups is 1. The van der Waals surface area contributed by atoms with Gasteiger partial charge in [0.25, 0.3) is 0 Å². The molecule has 5 nitrogen and oxygen atoms in total. The zero-order chi connectivity index (χ0) is 17.6. The summed E-state index contributed by atoms with van der Waals surface area (Å²) < 4.78 is 0. The molecule has 1 heterocycles. The standard InChI is InChI=1S/C19H29N3O2/c1-19(2,3)21-18(24)20-17(23)14-22-11-9-16(10-12-22)13-15-7-5-4-6-8-15/h4-8,16H,9-14H2,1-3H3,(H2,20,21,23,24). The summed E-state index contributed by atoms with van der Waals surface area (Å²) in [6.07, 6.45) is 3.29. The first kappa shape index (κ1) is 18.5. The van der Waals surface area contributed by atoms with E-state index in [2.05, 4.69) is 39.8 Å². The minimum absolute atomic E-state index is 0.238. The number of benzene rings is 1. The molecule has 0 unspecified atom stereocenters. The molecule has 132 valence electrons. The van der Waals surface area contributed by atoms with E-state index in [-0.39, 0.29) is 18.0 Å². The highest BCUT2D eigenvalue weighted by atomic mass is 16.2. The maximum atomic E-state index is 12.0. The van der Waals surface area contributed by atoms with E-state index < -0.39 is 6.03 Å². The lowest BCUT2D eigenvalue weighted by molar-refractivity contribution is -0.121. The molecule has 5 heteroatoms. The molecule has 1 aliphatic rings. The van der Waals surface area contributed by atoms with Gasteiger partial charge < -0.3 is 5.32 Å². The van der Waals surface area contributed by atoms with Crippen molar-refractivity contribution in [3.8, 4) is 0 Å². The Kier molecular flexibility index (Phi) is 6.37. The van der Waals surface area contributed by atoms with Crippen LogP contribution < -0.4 is 10.6 Å². The molecule has 1 saturated heterocycles. The van der Waals surface area contributed by atoms with Crippen LogP contribution in [0.5, 0.6) is 0 Å². The summed E-state index contributed by atoms with van der Waals surface area (Å²) in [5.74, 6) is 0.439. The third-order valence-electron chi connectivity index (χ3n) is 4.18. The zero-order valence-corrected chi connectivity index (χ0v) is 15.0. The fraction of sp³-hybridized carbons (Fsp3) is 0.579. The van der Waals surface area contributed by atoms with Crippen LogP contribution in [0.1, 0.15) is 39.2 Å². The van der Waals surface area contributed by atoms with Crippen LogP contribution in [0.3, 0.4) is 0 Å². The van der Waals surface area contributed by atoms with E-state index in [9.17, 15) is 9.59 Å². The first-order chi connectivity index (χ1) is 11.3. The third-order valence-corrected chi connectivity index (χ3v) is 4.18. The Morgan fingerprint density at radius 1 is 1.12 bits per heavy atom. The highest BCUT2D eigenvalue weighted by Gasteiger charge is 2.22. The maximum absolute atomic E-state index is 12.0. The molecule has 2 rings (SSSR count). The van der Waals surface area contributed by atoms with E-state index >= 15 is 0 Å². The van der Waals surface area contributed by atoms with Crippen LogP contribution in [0.25, 0.3) is 0 Å². The Hall–Kier alpha value is -1.88. The molecule has 0 saturated carbocycles. The number of hydrogen-bond donors (Lipinski definition) is 2. The lowest BCUT2D eigenvalue weighted by Crippen LogP contribution is -2.51. The van der Waals surface area contributed by atoms with Gasteiger partial charge in [0.1, 0.15) is 0 Å². The molecule has 1 aromatic carbocycles. The topological polar surface area (TPSA) is 61.4 Å². The summed E-state index contributed by atoms with van der Waals surface area (Å²) in [4.78, 5) is 25.8. The van der Waals surface area contributed by atoms with Gasteiger partial charge in [-0.25, -0.2) is 4.79 Å². The molecule has 0 atom stereocenters. The first-order valence-electron chi connectivity index (χ1n) is 8.70. The highest BCUT2D eigenvalue weighted by Crippen LogP contribution is 2.21. The van der Waals surface area contributed by atoms with Gasteiger partial charge in [0.05, 0.1) is 6.54 Å². The van der Waals surface area contributed by atoms with E-state index in [1.807, 2.05) is 26.8 Å². The summed E-state index contributed by atoms with van der Waals surface area (Å²) in [7, 11) is 0. The number of nitrogens with zero attached hydrogens (tertiary/aromatic N) is 1. The van der Waals surface area contributed by atoms with E-state index in [0.29, 0.717) is 5.92 Å². The molecule has 0 radical (unpaired) electrons. The normalized spacial score (nSPS) is 16.6. The van der Waals surface area contributed by atoms with E-state index in [1.165, 1.54) is 5.56 Å². The number of carbonyl (C=O) groups is 2. The van der Waals surface area contributed by atoms with Crippen LogP contribution >= 0.6 is 0 Å². The number of imide groups is 1. The molecular weight excluding hydrogens is 302 g/mol. The predicted molar refractivity (Wildman–Crippen MR) is 95.7 cm³/mol. The van der Waals surface area contributed by atoms with Crippen molar-refractivity contribution >= 4 is 11.9 Å². The van der Waals surface area contributed by atoms with Crippen molar-refractivity contribution in [1.82, 2.24) is 15.5 Å². The number of likely N-dealkylation sites (tertiary alicyclic amines) is 1. The van der Waals surface area contributed by atoms with Crippen LogP contribution in [0.2, 0.25) is 0 Å². The SMILES string of the molecule is CC(C)(C)NC(=O)NC(=O)CN1CCC(Cc2ccccc2)CC1. The molecule has 1 aromatic rings. The lowest BCUT2D eigenvalue weighted by atomic mass is 9.90. The van der Waals surface area contributed by atoms with Gasteiger partial charge in [-0.2, -0.15) is 0 Å². The number of amides is 3. The second-order valence-electron chi connectivity index (χ2n) is 7.66. The van der Waals surface area contributed by atoms with E-state index in [1.54, 1.807) is 0 Å². The first-order valence-corrected chi connectivity index (χ1v) is 8.70. The molecule has 0 aromatic heterocycles. The minimum atomic E-state index is -0.425. The summed E-state index contributed by atoms with van der Waals surface area (Å²) in [6, 6.07) is 10.1. The zero-order valence-electron chi connectivity index (χ0n) is 15.0. The third kappa shape index (κ3) is 6.71. The second kappa shape index (κ2) is 8.29. The van der Waals surface area contributed by atoms with Gasteiger partial charge >= 0.3 is 6.03 Å². The summed E-state index contributed by atoms with van der Waals surface area (Å²) in [5, 5.41) is 5.14. The molecule has 0 spiro atoms. The van der Waals surface area contributed by atoms with Gasteiger partial charge in [-0.05, 0) is 64.6 Å². The molecule has 3 amide bonds. The Balaban J connectivity index is 1.69. The van der Waals surface area contributed by atoms with Gasteiger partial charge in [-0.3, -0.25) is 15.0 Å². The van der Waals surface area contributed by atoms with Crippen molar-refractivity contribution in [2.45, 2.75) is 45.6 Å². The number of piperidine rings is 1. The molecule has 2 N–H and O–H groups in total. The van der Waals surface area contributed by atoms with Crippen molar-refractivity contribution in [2.75, 3.05) is 19.6 Å². The Morgan fingerprint density at radius 2 is 1.75 bits per heavy atom. The smallest absolute Gasteiger partial charge is 0.321 e. The van der Waals surface area contributed by atoms with Crippen molar-refractivity contribution in [3.05, 3.63) is 35.9 Å². The van der Waals surface area contributed by atoms with Crippen LogP contribution in [0.4, 0.5) is 4.79 Å². The molecule has 24 heavy (non-hydrogen) atoms. The number of rotatable bonds is 4. The fourth-order valence-electron chi connectivity index (χ4n) is 3.04. The van der Waals surface area contributed by atoms with Gasteiger partial charge in [-0.15, -0.1) is 0 Å². The molecule has 1 fully saturated rings. The molecule has 0 aliphatic carbocycles. The lowest BCUT2D eigenvalue weighted by Gasteiger charge is -2.31. The minimum Gasteiger partial charge on any atom is -0.333 e. The Bertz CT molecular complexity index is 543. The van der Waals surface area contributed by atoms with Gasteiger partial charge in [0.2, 0.25) is 5.91 Å². The molecular formula is C19H29N3O2. The van der Waals surface area contributed by atoms with Crippen LogP contribution in [0.15, 0.2) is 30.3 Å². The highest BCUT2D eigenvalue weighted by molar-refractivity contribution is 5.95. The van der Waals surface area contributed by atoms with Gasteiger partial charge in [-0.1, -0.05) is 30.3 Å². The Morgan fingerprint density at radius 3 is 2.33 bits per heavy atom. The van der Waals surface area contributed by atoms with Crippen molar-refractivity contribution < 1.29 is 9.59 Å². The average molecular weight is 331 g/mol. The Labute approximate surface area is 144 Å². The molecule has 0 bridgehead atoms. The predicted octanol–water partition coefficient (Wildman–Crippen LogP) is 2.57. The average Bonchev–Trinajstić information content (AvgIpc) is 2.48. The van der Waals surface area contributed by atoms with Crippen molar-refractivity contribution in [1.29, 1.82) is 0 Å². The summed E-state index contributed by atoms with van der Waals surface area (Å²) in [6.45, 7) is 7.75. The van der Waals surface area contributed by atoms with Crippen LogP contribution in [-0.4, -0.2) is 42.0 Å². The maximum Gasteiger partial charge on any atom is 0.321 e. The monoisotopic (exact) mass is 331 g/mol. The number of hydrogen-bond acceptors (Lipinski definition) is 3. The van der Waals surface area contributed by atoms with Crippen LogP contribution in [-0.2, 0) is 11.2 Å². The quantitative estimate of drug-likeness (QED) is 0.891.